The monoisotopic (exact) mass is 659 g/mol. The van der Waals surface area contributed by atoms with Crippen LogP contribution < -0.4 is 10.6 Å². The second-order valence-corrected chi connectivity index (χ2v) is 13.6. The molecule has 1 aromatic heterocycles. The normalized spacial score (nSPS) is 17.4. The number of likely N-dealkylation sites (tertiary alicyclic amines) is 2. The van der Waals surface area contributed by atoms with Gasteiger partial charge in [-0.25, -0.2) is 9.59 Å². The number of nitrogens with zero attached hydrogens (tertiary/aromatic N) is 3. The summed E-state index contributed by atoms with van der Waals surface area (Å²) in [5.74, 6) is -0.670. The van der Waals surface area contributed by atoms with Crippen LogP contribution in [0.2, 0.25) is 0 Å². The number of piperidine rings is 2. The molecule has 1 aromatic rings. The van der Waals surface area contributed by atoms with E-state index in [9.17, 15) is 29.1 Å². The first-order valence-corrected chi connectivity index (χ1v) is 16.9. The Morgan fingerprint density at radius 2 is 1.57 bits per heavy atom. The minimum atomic E-state index is -0.898. The van der Waals surface area contributed by atoms with Crippen LogP contribution in [0.3, 0.4) is 0 Å². The van der Waals surface area contributed by atoms with Gasteiger partial charge in [0.25, 0.3) is 0 Å². The SMILES string of the molecule is CCOC(=O)CC(NC(=O)CNC(=O)C(CCC1CCN(C(=O)O)CC1)CCC1CCN(C(=O)OC(C)(C)C)CC1)c1cccnc1. The van der Waals surface area contributed by atoms with Crippen molar-refractivity contribution in [2.24, 2.45) is 17.8 Å². The Balaban J connectivity index is 1.56. The fraction of sp³-hybridized carbons (Fsp3) is 0.706. The lowest BCUT2D eigenvalue weighted by atomic mass is 9.84. The summed E-state index contributed by atoms with van der Waals surface area (Å²) in [7, 11) is 0. The highest BCUT2D eigenvalue weighted by molar-refractivity contribution is 5.86. The zero-order valence-electron chi connectivity index (χ0n) is 28.4. The molecule has 2 aliphatic rings. The van der Waals surface area contributed by atoms with Crippen molar-refractivity contribution in [1.82, 2.24) is 25.4 Å². The van der Waals surface area contributed by atoms with Gasteiger partial charge in [-0.3, -0.25) is 19.4 Å². The third-order valence-electron chi connectivity index (χ3n) is 8.89. The van der Waals surface area contributed by atoms with Crippen molar-refractivity contribution in [1.29, 1.82) is 0 Å². The van der Waals surface area contributed by atoms with E-state index in [1.54, 1.807) is 36.4 Å². The molecule has 47 heavy (non-hydrogen) atoms. The largest absolute Gasteiger partial charge is 0.466 e. The van der Waals surface area contributed by atoms with Gasteiger partial charge in [0.2, 0.25) is 11.8 Å². The molecule has 4 amide bonds. The van der Waals surface area contributed by atoms with Gasteiger partial charge in [-0.1, -0.05) is 6.07 Å². The Kier molecular flexibility index (Phi) is 14.7. The van der Waals surface area contributed by atoms with Crippen LogP contribution in [0, 0.1) is 17.8 Å². The second-order valence-electron chi connectivity index (χ2n) is 13.6. The number of ether oxygens (including phenoxy) is 2. The van der Waals surface area contributed by atoms with Crippen molar-refractivity contribution in [3.63, 3.8) is 0 Å². The third kappa shape index (κ3) is 13.4. The van der Waals surface area contributed by atoms with Crippen molar-refractivity contribution in [3.05, 3.63) is 30.1 Å². The first-order chi connectivity index (χ1) is 22.3. The number of hydrogen-bond donors (Lipinski definition) is 3. The number of hydrogen-bond acceptors (Lipinski definition) is 8. The third-order valence-corrected chi connectivity index (χ3v) is 8.89. The minimum absolute atomic E-state index is 0.0602. The summed E-state index contributed by atoms with van der Waals surface area (Å²) in [6.07, 6.45) is 8.05. The highest BCUT2D eigenvalue weighted by Gasteiger charge is 2.30. The Morgan fingerprint density at radius 3 is 2.09 bits per heavy atom. The van der Waals surface area contributed by atoms with Crippen molar-refractivity contribution in [2.45, 2.75) is 97.1 Å². The molecule has 3 N–H and O–H groups in total. The van der Waals surface area contributed by atoms with Crippen LogP contribution >= 0.6 is 0 Å². The summed E-state index contributed by atoms with van der Waals surface area (Å²) >= 11 is 0. The molecule has 0 saturated carbocycles. The summed E-state index contributed by atoms with van der Waals surface area (Å²) in [5, 5.41) is 14.9. The van der Waals surface area contributed by atoms with Crippen molar-refractivity contribution >= 4 is 30.0 Å². The average molecular weight is 660 g/mol. The molecule has 0 radical (unpaired) electrons. The number of carbonyl (C=O) groups excluding carboxylic acids is 4. The Labute approximate surface area is 278 Å². The van der Waals surface area contributed by atoms with E-state index >= 15 is 0 Å². The summed E-state index contributed by atoms with van der Waals surface area (Å²) < 4.78 is 10.6. The molecule has 2 saturated heterocycles. The van der Waals surface area contributed by atoms with E-state index in [2.05, 4.69) is 15.6 Å². The molecule has 13 nitrogen and oxygen atoms in total. The summed E-state index contributed by atoms with van der Waals surface area (Å²) in [6, 6.07) is 2.84. The van der Waals surface area contributed by atoms with E-state index in [1.807, 2.05) is 20.8 Å². The molecule has 0 spiro atoms. The Hall–Kier alpha value is -3.90. The van der Waals surface area contributed by atoms with Gasteiger partial charge >= 0.3 is 18.2 Å². The molecule has 262 valence electrons. The summed E-state index contributed by atoms with van der Waals surface area (Å²) in [6.45, 7) is 9.48. The second kappa shape index (κ2) is 18.4. The van der Waals surface area contributed by atoms with Crippen molar-refractivity contribution in [3.8, 4) is 0 Å². The first kappa shape index (κ1) is 37.6. The number of amides is 4. The zero-order chi connectivity index (χ0) is 34.4. The van der Waals surface area contributed by atoms with Crippen molar-refractivity contribution in [2.75, 3.05) is 39.3 Å². The standard InChI is InChI=1S/C34H53N5O8/c1-5-46-30(41)21-28(27-7-6-16-35-22-27)37-29(40)23-36-31(42)26(10-8-24-12-17-38(18-13-24)32(43)44)11-9-25-14-19-39(20-15-25)33(45)47-34(2,3)4/h6-7,16,22,24-26,28H,5,8-15,17-21,23H2,1-4H3,(H,36,42)(H,37,40)(H,43,44). The number of carbonyl (C=O) groups is 5. The number of pyridine rings is 1. The molecule has 2 atom stereocenters. The van der Waals surface area contributed by atoms with Crippen LogP contribution in [0.4, 0.5) is 9.59 Å². The molecule has 2 fully saturated rings. The van der Waals surface area contributed by atoms with E-state index in [0.29, 0.717) is 56.4 Å². The van der Waals surface area contributed by atoms with E-state index in [-0.39, 0.29) is 37.5 Å². The van der Waals surface area contributed by atoms with Gasteiger partial charge in [0.1, 0.15) is 5.60 Å². The molecule has 2 unspecified atom stereocenters. The van der Waals surface area contributed by atoms with Crippen LogP contribution in [-0.2, 0) is 23.9 Å². The zero-order valence-corrected chi connectivity index (χ0v) is 28.4. The fourth-order valence-electron chi connectivity index (χ4n) is 6.20. The number of nitrogens with one attached hydrogen (secondary N) is 2. The number of rotatable bonds is 14. The number of carboxylic acid groups (broad SMARTS) is 1. The maximum atomic E-state index is 13.5. The summed E-state index contributed by atoms with van der Waals surface area (Å²) in [5.41, 5.74) is 0.112. The number of aromatic nitrogens is 1. The van der Waals surface area contributed by atoms with E-state index < -0.39 is 29.6 Å². The Morgan fingerprint density at radius 1 is 0.979 bits per heavy atom. The van der Waals surface area contributed by atoms with E-state index in [4.69, 9.17) is 9.47 Å². The van der Waals surface area contributed by atoms with E-state index in [1.165, 1.54) is 4.90 Å². The predicted octanol–water partition coefficient (Wildman–Crippen LogP) is 4.52. The molecular weight excluding hydrogens is 606 g/mol. The predicted molar refractivity (Wildman–Crippen MR) is 174 cm³/mol. The van der Waals surface area contributed by atoms with Gasteiger partial charge in [-0.15, -0.1) is 0 Å². The average Bonchev–Trinajstić information content (AvgIpc) is 3.03. The number of esters is 1. The van der Waals surface area contributed by atoms with Gasteiger partial charge in [0.15, 0.2) is 0 Å². The van der Waals surface area contributed by atoms with Crippen LogP contribution in [-0.4, -0.2) is 94.8 Å². The van der Waals surface area contributed by atoms with Crippen LogP contribution in [0.1, 0.15) is 97.1 Å². The van der Waals surface area contributed by atoms with Gasteiger partial charge in [-0.2, -0.15) is 0 Å². The quantitative estimate of drug-likeness (QED) is 0.243. The lowest BCUT2D eigenvalue weighted by Gasteiger charge is -2.34. The molecule has 2 aliphatic heterocycles. The molecular formula is C34H53N5O8. The van der Waals surface area contributed by atoms with Gasteiger partial charge in [0, 0.05) is 44.5 Å². The van der Waals surface area contributed by atoms with Crippen molar-refractivity contribution < 1.29 is 38.6 Å². The van der Waals surface area contributed by atoms with Gasteiger partial charge in [-0.05, 0) is 103 Å². The molecule has 3 heterocycles. The molecule has 0 aromatic carbocycles. The summed E-state index contributed by atoms with van der Waals surface area (Å²) in [4.78, 5) is 69.7. The topological polar surface area (TPSA) is 167 Å². The minimum Gasteiger partial charge on any atom is -0.466 e. The van der Waals surface area contributed by atoms with Crippen LogP contribution in [0.5, 0.6) is 0 Å². The van der Waals surface area contributed by atoms with Crippen LogP contribution in [0.25, 0.3) is 0 Å². The van der Waals surface area contributed by atoms with E-state index in [0.717, 1.165) is 38.5 Å². The van der Waals surface area contributed by atoms with Gasteiger partial charge < -0.3 is 35.0 Å². The van der Waals surface area contributed by atoms with Gasteiger partial charge in [0.05, 0.1) is 25.6 Å². The highest BCUT2D eigenvalue weighted by Crippen LogP contribution is 2.29. The smallest absolute Gasteiger partial charge is 0.410 e. The molecule has 3 rings (SSSR count). The molecule has 13 heteroatoms. The molecule has 0 bridgehead atoms. The Bertz CT molecular complexity index is 1170. The lowest BCUT2D eigenvalue weighted by Crippen LogP contribution is -2.42. The maximum Gasteiger partial charge on any atom is 0.410 e. The first-order valence-electron chi connectivity index (χ1n) is 16.9. The highest BCUT2D eigenvalue weighted by atomic mass is 16.6. The fourth-order valence-corrected chi connectivity index (χ4v) is 6.20. The molecule has 0 aliphatic carbocycles. The lowest BCUT2D eigenvalue weighted by molar-refractivity contribution is -0.144. The maximum absolute atomic E-state index is 13.5. The van der Waals surface area contributed by atoms with Crippen LogP contribution in [0.15, 0.2) is 24.5 Å².